The van der Waals surface area contributed by atoms with Gasteiger partial charge in [-0.05, 0) is 62.1 Å². The van der Waals surface area contributed by atoms with Crippen molar-refractivity contribution < 1.29 is 4.79 Å². The van der Waals surface area contributed by atoms with Crippen LogP contribution in [0, 0.1) is 13.8 Å². The first-order chi connectivity index (χ1) is 13.6. The average Bonchev–Trinajstić information content (AvgIpc) is 2.71. The monoisotopic (exact) mass is 389 g/mol. The van der Waals surface area contributed by atoms with Gasteiger partial charge in [-0.25, -0.2) is 0 Å². The molecule has 0 atom stereocenters. The Morgan fingerprint density at radius 2 is 1.61 bits per heavy atom. The van der Waals surface area contributed by atoms with Gasteiger partial charge in [-0.3, -0.25) is 4.79 Å². The van der Waals surface area contributed by atoms with E-state index in [2.05, 4.69) is 67.7 Å². The fourth-order valence-electron chi connectivity index (χ4n) is 3.02. The van der Waals surface area contributed by atoms with Crippen LogP contribution in [-0.4, -0.2) is 12.5 Å². The zero-order chi connectivity index (χ0) is 19.8. The van der Waals surface area contributed by atoms with Crippen LogP contribution >= 0.6 is 11.8 Å². The van der Waals surface area contributed by atoms with Gasteiger partial charge in [0.25, 0.3) is 5.91 Å². The van der Waals surface area contributed by atoms with Crippen molar-refractivity contribution in [2.75, 3.05) is 6.54 Å². The van der Waals surface area contributed by atoms with E-state index in [0.717, 1.165) is 24.2 Å². The second kappa shape index (κ2) is 10.1. The molecule has 0 spiro atoms. The number of carbonyl (C=O) groups is 1. The van der Waals surface area contributed by atoms with Gasteiger partial charge in [0.2, 0.25) is 0 Å². The molecule has 2 nitrogen and oxygen atoms in total. The Morgan fingerprint density at radius 1 is 0.857 bits per heavy atom. The summed E-state index contributed by atoms with van der Waals surface area (Å²) in [6.45, 7) is 4.90. The molecule has 144 valence electrons. The molecule has 0 aliphatic heterocycles. The lowest BCUT2D eigenvalue weighted by Gasteiger charge is -2.07. The van der Waals surface area contributed by atoms with Gasteiger partial charge in [0.05, 0.1) is 0 Å². The Morgan fingerprint density at radius 3 is 2.32 bits per heavy atom. The predicted octanol–water partition coefficient (Wildman–Crippen LogP) is 5.96. The predicted molar refractivity (Wildman–Crippen MR) is 119 cm³/mol. The van der Waals surface area contributed by atoms with Crippen LogP contribution in [0.5, 0.6) is 0 Å². The van der Waals surface area contributed by atoms with E-state index in [0.29, 0.717) is 6.54 Å². The summed E-state index contributed by atoms with van der Waals surface area (Å²) >= 11 is 1.81. The molecule has 0 saturated heterocycles. The Labute approximate surface area is 172 Å². The van der Waals surface area contributed by atoms with Gasteiger partial charge in [0.15, 0.2) is 0 Å². The smallest absolute Gasteiger partial charge is 0.251 e. The van der Waals surface area contributed by atoms with Crippen molar-refractivity contribution in [1.29, 1.82) is 0 Å². The molecule has 0 radical (unpaired) electrons. The van der Waals surface area contributed by atoms with Gasteiger partial charge in [-0.15, -0.1) is 11.8 Å². The van der Waals surface area contributed by atoms with Crippen molar-refractivity contribution in [3.8, 4) is 0 Å². The molecule has 0 aliphatic carbocycles. The maximum absolute atomic E-state index is 12.3. The Bertz CT molecular complexity index is 901. The summed E-state index contributed by atoms with van der Waals surface area (Å²) in [7, 11) is 0. The van der Waals surface area contributed by atoms with E-state index in [1.807, 2.05) is 36.0 Å². The summed E-state index contributed by atoms with van der Waals surface area (Å²) in [6.07, 6.45) is 1.93. The van der Waals surface area contributed by atoms with Crippen LogP contribution in [0.25, 0.3) is 0 Å². The van der Waals surface area contributed by atoms with Gasteiger partial charge in [-0.2, -0.15) is 0 Å². The molecule has 1 amide bonds. The Hall–Kier alpha value is -2.52. The van der Waals surface area contributed by atoms with E-state index < -0.39 is 0 Å². The van der Waals surface area contributed by atoms with Gasteiger partial charge in [0.1, 0.15) is 0 Å². The molecule has 3 aromatic rings. The van der Waals surface area contributed by atoms with Crippen molar-refractivity contribution in [3.63, 3.8) is 0 Å². The quantitative estimate of drug-likeness (QED) is 0.380. The number of rotatable bonds is 8. The summed E-state index contributed by atoms with van der Waals surface area (Å²) in [4.78, 5) is 13.6. The lowest BCUT2D eigenvalue weighted by Crippen LogP contribution is -2.24. The van der Waals surface area contributed by atoms with Crippen molar-refractivity contribution in [3.05, 3.63) is 101 Å². The fraction of sp³-hybridized carbons (Fsp3) is 0.240. The largest absolute Gasteiger partial charge is 0.352 e. The van der Waals surface area contributed by atoms with E-state index >= 15 is 0 Å². The lowest BCUT2D eigenvalue weighted by atomic mass is 10.1. The number of benzene rings is 3. The number of hydrogen-bond donors (Lipinski definition) is 1. The normalized spacial score (nSPS) is 10.6. The highest BCUT2D eigenvalue weighted by Gasteiger charge is 2.05. The number of carbonyl (C=O) groups excluding carboxylic acids is 1. The summed E-state index contributed by atoms with van der Waals surface area (Å²) in [5.41, 5.74) is 5.83. The van der Waals surface area contributed by atoms with Crippen LogP contribution < -0.4 is 5.32 Å². The average molecular weight is 390 g/mol. The second-order valence-corrected chi connectivity index (χ2v) is 8.20. The summed E-state index contributed by atoms with van der Waals surface area (Å²) in [5.74, 6) is 0.906. The zero-order valence-electron chi connectivity index (χ0n) is 16.6. The maximum Gasteiger partial charge on any atom is 0.251 e. The van der Waals surface area contributed by atoms with Crippen LogP contribution in [0.2, 0.25) is 0 Å². The van der Waals surface area contributed by atoms with Gasteiger partial charge in [-0.1, -0.05) is 59.7 Å². The highest BCUT2D eigenvalue weighted by atomic mass is 32.2. The molecule has 0 saturated carbocycles. The summed E-state index contributed by atoms with van der Waals surface area (Å²) in [6, 6.07) is 25.0. The molecule has 0 aliphatic rings. The molecule has 0 heterocycles. The Balaban J connectivity index is 1.42. The highest BCUT2D eigenvalue weighted by molar-refractivity contribution is 7.98. The number of thioether (sulfide) groups is 1. The van der Waals surface area contributed by atoms with Gasteiger partial charge >= 0.3 is 0 Å². The van der Waals surface area contributed by atoms with Crippen LogP contribution in [0.4, 0.5) is 0 Å². The molecule has 0 bridgehead atoms. The number of hydrogen-bond acceptors (Lipinski definition) is 2. The van der Waals surface area contributed by atoms with Crippen LogP contribution in [-0.2, 0) is 12.2 Å². The van der Waals surface area contributed by atoms with Crippen molar-refractivity contribution in [2.45, 2.75) is 37.3 Å². The molecule has 0 aromatic heterocycles. The SMILES string of the molecule is Cc1ccc(SCc2ccc(C(=O)NCCCc3cccc(C)c3)cc2)cc1. The molecular weight excluding hydrogens is 362 g/mol. The van der Waals surface area contributed by atoms with Gasteiger partial charge in [0, 0.05) is 22.8 Å². The van der Waals surface area contributed by atoms with E-state index in [1.165, 1.54) is 27.1 Å². The standard InChI is InChI=1S/C25H27NOS/c1-19-8-14-24(15-9-19)28-18-22-10-12-23(13-11-22)25(27)26-16-4-7-21-6-3-5-20(2)17-21/h3,5-6,8-15,17H,4,7,16,18H2,1-2H3,(H,26,27). The van der Waals surface area contributed by atoms with Crippen molar-refractivity contribution >= 4 is 17.7 Å². The lowest BCUT2D eigenvalue weighted by molar-refractivity contribution is 0.0953. The number of amides is 1. The minimum atomic E-state index is 0.00183. The number of aryl methyl sites for hydroxylation is 3. The second-order valence-electron chi connectivity index (χ2n) is 7.15. The van der Waals surface area contributed by atoms with Gasteiger partial charge < -0.3 is 5.32 Å². The van der Waals surface area contributed by atoms with Crippen LogP contribution in [0.15, 0.2) is 77.7 Å². The molecule has 3 aromatic carbocycles. The maximum atomic E-state index is 12.3. The molecule has 0 unspecified atom stereocenters. The van der Waals surface area contributed by atoms with Crippen molar-refractivity contribution in [2.24, 2.45) is 0 Å². The zero-order valence-corrected chi connectivity index (χ0v) is 17.4. The topological polar surface area (TPSA) is 29.1 Å². The number of nitrogens with one attached hydrogen (secondary N) is 1. The first kappa shape index (κ1) is 20.2. The molecule has 0 fully saturated rings. The molecule has 28 heavy (non-hydrogen) atoms. The summed E-state index contributed by atoms with van der Waals surface area (Å²) in [5, 5.41) is 3.02. The molecule has 3 rings (SSSR count). The fourth-order valence-corrected chi connectivity index (χ4v) is 3.87. The minimum Gasteiger partial charge on any atom is -0.352 e. The Kier molecular flexibility index (Phi) is 7.32. The highest BCUT2D eigenvalue weighted by Crippen LogP contribution is 2.23. The summed E-state index contributed by atoms with van der Waals surface area (Å²) < 4.78 is 0. The van der Waals surface area contributed by atoms with E-state index in [9.17, 15) is 4.79 Å². The molecule has 3 heteroatoms. The first-order valence-corrected chi connectivity index (χ1v) is 10.7. The third kappa shape index (κ3) is 6.28. The van der Waals surface area contributed by atoms with Crippen LogP contribution in [0.1, 0.15) is 39.0 Å². The molecule has 1 N–H and O–H groups in total. The first-order valence-electron chi connectivity index (χ1n) is 9.72. The van der Waals surface area contributed by atoms with Crippen LogP contribution in [0.3, 0.4) is 0 Å². The van der Waals surface area contributed by atoms with Crippen molar-refractivity contribution in [1.82, 2.24) is 5.32 Å². The van der Waals surface area contributed by atoms with E-state index in [-0.39, 0.29) is 5.91 Å². The van der Waals surface area contributed by atoms with E-state index in [1.54, 1.807) is 0 Å². The third-order valence-electron chi connectivity index (χ3n) is 4.65. The molecular formula is C25H27NOS. The third-order valence-corrected chi connectivity index (χ3v) is 5.74. The van der Waals surface area contributed by atoms with E-state index in [4.69, 9.17) is 0 Å². The minimum absolute atomic E-state index is 0.00183.